The average Bonchev–Trinajstić information content (AvgIpc) is 3.61. The molecule has 1 saturated carbocycles. The zero-order chi connectivity index (χ0) is 22.8. The van der Waals surface area contributed by atoms with Gasteiger partial charge in [0.2, 0.25) is 5.91 Å². The maximum Gasteiger partial charge on any atom is 0.290 e. The molecule has 4 aromatic rings. The van der Waals surface area contributed by atoms with Crippen molar-refractivity contribution in [1.82, 2.24) is 35.0 Å². The molecule has 11 heteroatoms. The van der Waals surface area contributed by atoms with E-state index in [1.54, 1.807) is 5.01 Å². The summed E-state index contributed by atoms with van der Waals surface area (Å²) < 4.78 is 2.01. The van der Waals surface area contributed by atoms with Crippen molar-refractivity contribution in [1.29, 1.82) is 0 Å². The van der Waals surface area contributed by atoms with E-state index < -0.39 is 0 Å². The number of hydrogen-bond acceptors (Lipinski definition) is 7. The van der Waals surface area contributed by atoms with Gasteiger partial charge in [-0.2, -0.15) is 0 Å². The molecule has 11 nitrogen and oxygen atoms in total. The van der Waals surface area contributed by atoms with Crippen LogP contribution in [0.3, 0.4) is 0 Å². The van der Waals surface area contributed by atoms with Crippen molar-refractivity contribution in [3.63, 3.8) is 0 Å². The van der Waals surface area contributed by atoms with Crippen LogP contribution in [-0.4, -0.2) is 59.0 Å². The molecule has 3 aromatic heterocycles. The SMILES string of the molecule is O=C1CCCN1Nc1ncnc2[nH]c3ccc(-c4cn(C5CCCC5)nn4)cc3c12.O=CO. The van der Waals surface area contributed by atoms with Crippen molar-refractivity contribution in [3.8, 4) is 11.3 Å². The fraction of sp³-hybridized carbons (Fsp3) is 0.364. The Morgan fingerprint density at radius 3 is 2.76 bits per heavy atom. The van der Waals surface area contributed by atoms with Crippen molar-refractivity contribution >= 4 is 40.1 Å². The topological polar surface area (TPSA) is 142 Å². The molecule has 1 aliphatic heterocycles. The van der Waals surface area contributed by atoms with Crippen LogP contribution in [0.5, 0.6) is 0 Å². The second kappa shape index (κ2) is 8.85. The third-order valence-corrected chi connectivity index (χ3v) is 6.21. The highest BCUT2D eigenvalue weighted by Gasteiger charge is 2.23. The number of aromatic nitrogens is 6. The summed E-state index contributed by atoms with van der Waals surface area (Å²) in [6.45, 7) is 0.433. The lowest BCUT2D eigenvalue weighted by molar-refractivity contribution is -0.126. The number of carbonyl (C=O) groups is 2. The van der Waals surface area contributed by atoms with Crippen LogP contribution in [0.4, 0.5) is 5.82 Å². The molecule has 3 N–H and O–H groups in total. The minimum Gasteiger partial charge on any atom is -0.483 e. The van der Waals surface area contributed by atoms with Crippen molar-refractivity contribution in [3.05, 3.63) is 30.7 Å². The van der Waals surface area contributed by atoms with Crippen LogP contribution >= 0.6 is 0 Å². The molecule has 0 bridgehead atoms. The largest absolute Gasteiger partial charge is 0.483 e. The van der Waals surface area contributed by atoms with Gasteiger partial charge in [0.15, 0.2) is 5.82 Å². The molecule has 1 aromatic carbocycles. The molecule has 33 heavy (non-hydrogen) atoms. The highest BCUT2D eigenvalue weighted by molar-refractivity contribution is 6.12. The van der Waals surface area contributed by atoms with Crippen LogP contribution in [0.25, 0.3) is 33.2 Å². The summed E-state index contributed by atoms with van der Waals surface area (Å²) in [4.78, 5) is 32.6. The van der Waals surface area contributed by atoms with E-state index in [9.17, 15) is 4.79 Å². The number of rotatable bonds is 4. The number of H-pyrrole nitrogens is 1. The van der Waals surface area contributed by atoms with Crippen LogP contribution in [0.15, 0.2) is 30.7 Å². The van der Waals surface area contributed by atoms with Gasteiger partial charge < -0.3 is 10.1 Å². The van der Waals surface area contributed by atoms with Gasteiger partial charge in [-0.1, -0.05) is 24.1 Å². The van der Waals surface area contributed by atoms with Gasteiger partial charge in [0.1, 0.15) is 17.7 Å². The molecule has 2 fully saturated rings. The molecule has 170 valence electrons. The lowest BCUT2D eigenvalue weighted by Gasteiger charge is -2.17. The van der Waals surface area contributed by atoms with Gasteiger partial charge in [-0.05, 0) is 31.4 Å². The Morgan fingerprint density at radius 2 is 2.00 bits per heavy atom. The third kappa shape index (κ3) is 3.97. The number of nitrogens with one attached hydrogen (secondary N) is 2. The van der Waals surface area contributed by atoms with Crippen molar-refractivity contribution in [2.75, 3.05) is 12.0 Å². The fourth-order valence-corrected chi connectivity index (χ4v) is 4.62. The van der Waals surface area contributed by atoms with Gasteiger partial charge in [-0.15, -0.1) is 5.10 Å². The second-order valence-corrected chi connectivity index (χ2v) is 8.22. The monoisotopic (exact) mass is 448 g/mol. The third-order valence-electron chi connectivity index (χ3n) is 6.21. The fourth-order valence-electron chi connectivity index (χ4n) is 4.62. The summed E-state index contributed by atoms with van der Waals surface area (Å²) in [5, 5.41) is 19.2. The van der Waals surface area contributed by atoms with E-state index in [0.717, 1.165) is 39.6 Å². The summed E-state index contributed by atoms with van der Waals surface area (Å²) in [6, 6.07) is 6.64. The van der Waals surface area contributed by atoms with Crippen molar-refractivity contribution in [2.24, 2.45) is 0 Å². The predicted octanol–water partition coefficient (Wildman–Crippen LogP) is 3.13. The molecule has 6 rings (SSSR count). The highest BCUT2D eigenvalue weighted by atomic mass is 16.3. The quantitative estimate of drug-likeness (QED) is 0.404. The number of benzene rings is 1. The van der Waals surface area contributed by atoms with E-state index in [4.69, 9.17) is 9.90 Å². The number of amides is 1. The molecule has 0 atom stereocenters. The maximum atomic E-state index is 12.1. The van der Waals surface area contributed by atoms with Crippen LogP contribution in [0.2, 0.25) is 0 Å². The standard InChI is InChI=1S/C21H22N8O.CH2O2/c30-18-6-3-9-28(18)26-21-19-15-10-13(7-8-16(15)24-20(19)22-12-23-21)17-11-29(27-25-17)14-4-1-2-5-14;2-1-3/h7-8,10-12,14H,1-6,9H2,(H2,22,23,24,26);1H,(H,2,3). The molecule has 4 heterocycles. The Morgan fingerprint density at radius 1 is 1.18 bits per heavy atom. The summed E-state index contributed by atoms with van der Waals surface area (Å²) in [5.74, 6) is 0.721. The van der Waals surface area contributed by atoms with E-state index >= 15 is 0 Å². The first-order valence-corrected chi connectivity index (χ1v) is 11.0. The smallest absolute Gasteiger partial charge is 0.290 e. The number of carboxylic acid groups (broad SMARTS) is 1. The molecule has 2 aliphatic rings. The lowest BCUT2D eigenvalue weighted by Crippen LogP contribution is -2.31. The Kier molecular flexibility index (Phi) is 5.59. The first kappa shape index (κ1) is 20.9. The summed E-state index contributed by atoms with van der Waals surface area (Å²) in [5.41, 5.74) is 6.76. The summed E-state index contributed by atoms with van der Waals surface area (Å²) in [7, 11) is 0. The summed E-state index contributed by atoms with van der Waals surface area (Å²) in [6.07, 6.45) is 9.84. The summed E-state index contributed by atoms with van der Waals surface area (Å²) >= 11 is 0. The number of carbonyl (C=O) groups excluding carboxylic acids is 1. The molecular weight excluding hydrogens is 424 g/mol. The Bertz CT molecular complexity index is 1310. The number of anilines is 1. The van der Waals surface area contributed by atoms with Gasteiger partial charge in [0.05, 0.1) is 17.6 Å². The van der Waals surface area contributed by atoms with Gasteiger partial charge in [0.25, 0.3) is 6.47 Å². The first-order chi connectivity index (χ1) is 16.2. The number of fused-ring (bicyclic) bond motifs is 3. The van der Waals surface area contributed by atoms with Crippen molar-refractivity contribution in [2.45, 2.75) is 44.6 Å². The number of aromatic amines is 1. The second-order valence-electron chi connectivity index (χ2n) is 8.22. The van der Waals surface area contributed by atoms with Crippen LogP contribution < -0.4 is 5.43 Å². The minimum atomic E-state index is -0.250. The molecule has 0 unspecified atom stereocenters. The average molecular weight is 448 g/mol. The first-order valence-electron chi connectivity index (χ1n) is 11.0. The molecular formula is C22H24N8O3. The number of hydrazine groups is 1. The highest BCUT2D eigenvalue weighted by Crippen LogP contribution is 2.34. The molecule has 0 radical (unpaired) electrons. The van der Waals surface area contributed by atoms with Gasteiger partial charge in [0, 0.05) is 29.4 Å². The van der Waals surface area contributed by atoms with Crippen LogP contribution in [0, 0.1) is 0 Å². The molecule has 1 aliphatic carbocycles. The van der Waals surface area contributed by atoms with Gasteiger partial charge in [-0.25, -0.2) is 14.6 Å². The molecule has 0 spiro atoms. The van der Waals surface area contributed by atoms with E-state index in [1.165, 1.54) is 32.0 Å². The maximum absolute atomic E-state index is 12.1. The van der Waals surface area contributed by atoms with E-state index in [0.29, 0.717) is 24.8 Å². The van der Waals surface area contributed by atoms with Crippen LogP contribution in [0.1, 0.15) is 44.6 Å². The Hall–Kier alpha value is -4.02. The van der Waals surface area contributed by atoms with E-state index in [1.807, 2.05) is 23.0 Å². The Labute approximate surface area is 188 Å². The molecule has 1 saturated heterocycles. The van der Waals surface area contributed by atoms with Gasteiger partial charge >= 0.3 is 0 Å². The zero-order valence-corrected chi connectivity index (χ0v) is 17.9. The lowest BCUT2D eigenvalue weighted by atomic mass is 10.1. The predicted molar refractivity (Wildman–Crippen MR) is 121 cm³/mol. The number of hydrogen-bond donors (Lipinski definition) is 3. The normalized spacial score (nSPS) is 16.4. The van der Waals surface area contributed by atoms with E-state index in [2.05, 4.69) is 36.8 Å². The zero-order valence-electron chi connectivity index (χ0n) is 17.9. The molecule has 1 amide bonds. The van der Waals surface area contributed by atoms with Gasteiger partial charge in [-0.3, -0.25) is 20.0 Å². The van der Waals surface area contributed by atoms with E-state index in [-0.39, 0.29) is 12.4 Å². The van der Waals surface area contributed by atoms with Crippen molar-refractivity contribution < 1.29 is 14.7 Å². The number of nitrogens with zero attached hydrogens (tertiary/aromatic N) is 6. The Balaban J connectivity index is 0.000000724. The van der Waals surface area contributed by atoms with Crippen LogP contribution in [-0.2, 0) is 9.59 Å². The minimum absolute atomic E-state index is 0.0887.